The van der Waals surface area contributed by atoms with Crippen molar-refractivity contribution in [1.82, 2.24) is 39.8 Å². The molecule has 0 N–H and O–H groups in total. The number of hydrogen-bond donors (Lipinski definition) is 0. The van der Waals surface area contributed by atoms with Crippen molar-refractivity contribution in [3.8, 4) is 22.8 Å². The number of halogens is 1. The van der Waals surface area contributed by atoms with E-state index >= 15 is 0 Å². The minimum absolute atomic E-state index is 0.226. The lowest BCUT2D eigenvalue weighted by atomic mass is 9.68. The summed E-state index contributed by atoms with van der Waals surface area (Å²) in [5.74, 6) is 4.62. The molecule has 1 spiro atoms. The third-order valence-electron chi connectivity index (χ3n) is 12.7. The van der Waals surface area contributed by atoms with Crippen LogP contribution in [0, 0.1) is 40.8 Å². The van der Waals surface area contributed by atoms with Gasteiger partial charge >= 0.3 is 0 Å². The van der Waals surface area contributed by atoms with E-state index in [4.69, 9.17) is 4.74 Å². The second-order valence-electron chi connectivity index (χ2n) is 16.7. The van der Waals surface area contributed by atoms with Gasteiger partial charge in [-0.15, -0.1) is 10.2 Å². The summed E-state index contributed by atoms with van der Waals surface area (Å²) in [6.45, 7) is 11.0. The number of nitrogens with zero attached hydrogens (tertiary/aromatic N) is 9. The molecule has 3 saturated heterocycles. The summed E-state index contributed by atoms with van der Waals surface area (Å²) in [5.41, 5.74) is 2.56. The maximum absolute atomic E-state index is 14.6. The molecule has 3 aliphatic carbocycles. The molecule has 11 nitrogen and oxygen atoms in total. The van der Waals surface area contributed by atoms with E-state index in [1.54, 1.807) is 23.5 Å². The van der Waals surface area contributed by atoms with Crippen molar-refractivity contribution in [3.63, 3.8) is 0 Å². The molecular weight excluding hydrogens is 633 g/mol. The van der Waals surface area contributed by atoms with Crippen LogP contribution in [0.2, 0.25) is 0 Å². The first-order chi connectivity index (χ1) is 24.2. The lowest BCUT2D eigenvalue weighted by Crippen LogP contribution is -2.65. The van der Waals surface area contributed by atoms with Crippen molar-refractivity contribution in [2.45, 2.75) is 64.0 Å². The van der Waals surface area contributed by atoms with Crippen molar-refractivity contribution < 1.29 is 13.9 Å². The predicted octanol–water partition coefficient (Wildman–Crippen LogP) is 4.72. The van der Waals surface area contributed by atoms with Crippen LogP contribution in [0.25, 0.3) is 11.1 Å². The van der Waals surface area contributed by atoms with Gasteiger partial charge in [0.05, 0.1) is 5.69 Å². The number of ether oxygens (including phenoxy) is 1. The van der Waals surface area contributed by atoms with E-state index in [9.17, 15) is 9.18 Å². The lowest BCUT2D eigenvalue weighted by molar-refractivity contribution is -0.131. The summed E-state index contributed by atoms with van der Waals surface area (Å²) >= 11 is 0. The number of amides is 1. The van der Waals surface area contributed by atoms with Crippen molar-refractivity contribution in [1.29, 1.82) is 0 Å². The molecule has 3 saturated carbocycles. The number of carbonyl (C=O) groups excluding carboxylic acids is 1. The SMILES string of the molecule is CC(C)[C@H](C1CC(N2C[C@@H]3C(C(=O)N(C)C)[C@@H]3C2)C1)N1CC2(CCN(c3ncnnc3Oc3ccc(F)cc3-c3cncnc3C3CC3)C2)C1. The lowest BCUT2D eigenvalue weighted by Gasteiger charge is -2.57. The van der Waals surface area contributed by atoms with E-state index in [0.717, 1.165) is 75.7 Å². The van der Waals surface area contributed by atoms with Crippen LogP contribution in [-0.4, -0.2) is 111 Å². The number of hydrogen-bond acceptors (Lipinski definition) is 10. The van der Waals surface area contributed by atoms with Crippen molar-refractivity contribution in [3.05, 3.63) is 48.6 Å². The topological polar surface area (TPSA) is 104 Å². The Morgan fingerprint density at radius 2 is 1.82 bits per heavy atom. The Morgan fingerprint density at radius 3 is 2.54 bits per heavy atom. The van der Waals surface area contributed by atoms with Gasteiger partial charge < -0.3 is 14.5 Å². The molecule has 0 bridgehead atoms. The number of rotatable bonds is 10. The predicted molar refractivity (Wildman–Crippen MR) is 186 cm³/mol. The zero-order valence-corrected chi connectivity index (χ0v) is 29.6. The number of aromatic nitrogens is 5. The first-order valence-electron chi connectivity index (χ1n) is 18.6. The summed E-state index contributed by atoms with van der Waals surface area (Å²) in [7, 11) is 3.77. The molecule has 3 aromatic rings. The molecule has 6 fully saturated rings. The van der Waals surface area contributed by atoms with E-state index in [-0.39, 0.29) is 17.2 Å². The normalized spacial score (nSPS) is 29.1. The molecule has 5 heterocycles. The average Bonchev–Trinajstić information content (AvgIpc) is 3.94. The Kier molecular flexibility index (Phi) is 7.83. The van der Waals surface area contributed by atoms with Gasteiger partial charge in [0, 0.05) is 100 Å². The third kappa shape index (κ3) is 5.62. The Hall–Kier alpha value is -3.77. The first-order valence-corrected chi connectivity index (χ1v) is 18.6. The van der Waals surface area contributed by atoms with Gasteiger partial charge in [0.2, 0.25) is 5.91 Å². The highest BCUT2D eigenvalue weighted by Gasteiger charge is 2.61. The minimum Gasteiger partial charge on any atom is -0.434 e. The quantitative estimate of drug-likeness (QED) is 0.299. The molecular formula is C38H48FN9O2. The van der Waals surface area contributed by atoms with E-state index < -0.39 is 0 Å². The monoisotopic (exact) mass is 681 g/mol. The standard InChI is InChI=1S/C38H48FN9O2/c1-22(2)34(24-11-26(12-24)47-15-29-30(16-47)32(29)37(49)45(3)4)48-18-38(19-48)9-10-46(17-38)35-36(44-43-21-42-35)50-31-8-7-25(39)13-27(31)28-14-40-20-41-33(28)23-5-6-23/h7-8,13-14,20-24,26,29-30,32,34H,5-6,9-12,15-19H2,1-4H3/t24?,26?,29-,30+,32?,34-/m1/s1. The second kappa shape index (κ2) is 12.2. The zero-order valence-electron chi connectivity index (χ0n) is 29.6. The maximum atomic E-state index is 14.6. The fourth-order valence-electron chi connectivity index (χ4n) is 10.1. The molecule has 1 amide bonds. The number of likely N-dealkylation sites (tertiary alicyclic amines) is 2. The molecule has 1 unspecified atom stereocenters. The summed E-state index contributed by atoms with van der Waals surface area (Å²) in [6, 6.07) is 5.83. The fourth-order valence-corrected chi connectivity index (χ4v) is 10.1. The van der Waals surface area contributed by atoms with Crippen LogP contribution in [0.5, 0.6) is 11.6 Å². The minimum atomic E-state index is -0.345. The van der Waals surface area contributed by atoms with Crippen LogP contribution >= 0.6 is 0 Å². The summed E-state index contributed by atoms with van der Waals surface area (Å²) in [6.07, 6.45) is 10.6. The molecule has 50 heavy (non-hydrogen) atoms. The van der Waals surface area contributed by atoms with Gasteiger partial charge in [0.15, 0.2) is 5.82 Å². The van der Waals surface area contributed by atoms with Gasteiger partial charge in [-0.05, 0) is 74.0 Å². The summed E-state index contributed by atoms with van der Waals surface area (Å²) < 4.78 is 21.0. The molecule has 12 heteroatoms. The molecule has 0 radical (unpaired) electrons. The van der Waals surface area contributed by atoms with E-state index in [2.05, 4.69) is 53.7 Å². The van der Waals surface area contributed by atoms with Crippen LogP contribution in [0.15, 0.2) is 37.1 Å². The Labute approximate surface area is 293 Å². The summed E-state index contributed by atoms with van der Waals surface area (Å²) in [4.78, 5) is 35.4. The Morgan fingerprint density at radius 1 is 1.04 bits per heavy atom. The number of benzene rings is 1. The highest BCUT2D eigenvalue weighted by atomic mass is 19.1. The molecule has 1 aromatic carbocycles. The van der Waals surface area contributed by atoms with E-state index in [0.29, 0.717) is 64.7 Å². The molecule has 9 rings (SSSR count). The highest BCUT2D eigenvalue weighted by Crippen LogP contribution is 2.55. The first kappa shape index (κ1) is 32.2. The van der Waals surface area contributed by atoms with Gasteiger partial charge in [-0.1, -0.05) is 13.8 Å². The Balaban J connectivity index is 0.838. The van der Waals surface area contributed by atoms with Gasteiger partial charge in [0.1, 0.15) is 24.2 Å². The van der Waals surface area contributed by atoms with Gasteiger partial charge in [0.25, 0.3) is 5.88 Å². The number of piperidine rings is 1. The fraction of sp³-hybridized carbons (Fsp3) is 0.632. The van der Waals surface area contributed by atoms with Crippen LogP contribution in [0.3, 0.4) is 0 Å². The van der Waals surface area contributed by atoms with Crippen molar-refractivity contribution in [2.75, 3.05) is 58.3 Å². The van der Waals surface area contributed by atoms with Crippen LogP contribution in [0.1, 0.15) is 57.6 Å². The van der Waals surface area contributed by atoms with Crippen molar-refractivity contribution >= 4 is 11.7 Å². The molecule has 264 valence electrons. The highest BCUT2D eigenvalue weighted by molar-refractivity contribution is 5.82. The number of anilines is 1. The molecule has 6 aliphatic rings. The molecule has 2 aromatic heterocycles. The van der Waals surface area contributed by atoms with Crippen LogP contribution in [0.4, 0.5) is 10.2 Å². The third-order valence-corrected chi connectivity index (χ3v) is 12.7. The molecule has 3 aliphatic heterocycles. The van der Waals surface area contributed by atoms with Crippen LogP contribution in [-0.2, 0) is 4.79 Å². The Bertz CT molecular complexity index is 1760. The van der Waals surface area contributed by atoms with Crippen LogP contribution < -0.4 is 9.64 Å². The molecule has 4 atom stereocenters. The zero-order chi connectivity index (χ0) is 34.3. The number of carbonyl (C=O) groups is 1. The number of fused-ring (bicyclic) bond motifs is 1. The second-order valence-corrected chi connectivity index (χ2v) is 16.7. The summed E-state index contributed by atoms with van der Waals surface area (Å²) in [5, 5.41) is 8.45. The maximum Gasteiger partial charge on any atom is 0.282 e. The largest absolute Gasteiger partial charge is 0.434 e. The average molecular weight is 682 g/mol. The van der Waals surface area contributed by atoms with Crippen molar-refractivity contribution in [2.24, 2.45) is 35.0 Å². The van der Waals surface area contributed by atoms with Gasteiger partial charge in [-0.2, -0.15) is 0 Å². The van der Waals surface area contributed by atoms with Gasteiger partial charge in [-0.3, -0.25) is 14.6 Å². The van der Waals surface area contributed by atoms with E-state index in [1.165, 1.54) is 31.3 Å². The van der Waals surface area contributed by atoms with E-state index in [1.807, 2.05) is 14.1 Å². The smallest absolute Gasteiger partial charge is 0.282 e. The van der Waals surface area contributed by atoms with Gasteiger partial charge in [-0.25, -0.2) is 19.3 Å².